The molecule has 2 N–H and O–H groups in total. The first-order valence-corrected chi connectivity index (χ1v) is 12.5. The Morgan fingerprint density at radius 2 is 1.65 bits per heavy atom. The number of benzene rings is 2. The van der Waals surface area contributed by atoms with Crippen LogP contribution in [0.15, 0.2) is 40.0 Å². The molecule has 0 amide bonds. The lowest BCUT2D eigenvalue weighted by Gasteiger charge is -2.11. The second-order valence-corrected chi connectivity index (χ2v) is 10.3. The summed E-state index contributed by atoms with van der Waals surface area (Å²) in [7, 11) is -1.43. The SMILES string of the molecule is COc1c(Cl)ccc(Cl)c1C(=O)O.Cc1[nH]n(C)c(=O)c1C(=O)c1ccc(C(F)(F)F)cc1S(C)(=O)=O. The average molecular weight is 583 g/mol. The van der Waals surface area contributed by atoms with Crippen molar-refractivity contribution < 1.29 is 41.0 Å². The van der Waals surface area contributed by atoms with Gasteiger partial charge in [0.25, 0.3) is 5.56 Å². The number of aromatic nitrogens is 2. The van der Waals surface area contributed by atoms with Gasteiger partial charge in [0, 0.05) is 24.6 Å². The number of hydrogen-bond donors (Lipinski definition) is 2. The van der Waals surface area contributed by atoms with E-state index in [2.05, 4.69) is 5.10 Å². The number of H-pyrrole nitrogens is 1. The van der Waals surface area contributed by atoms with Crippen molar-refractivity contribution in [3.8, 4) is 5.75 Å². The number of aryl methyl sites for hydroxylation is 2. The van der Waals surface area contributed by atoms with E-state index in [0.717, 1.165) is 10.7 Å². The standard InChI is InChI=1S/C14H13F3N2O4S.C8H6Cl2O3/c1-7-11(13(21)19(2)18-7)12(20)9-5-4-8(14(15,16)17)6-10(9)24(3,22)23;1-13-7-5(10)3-2-4(9)6(7)8(11)12/h4-6,18H,1-3H3;2-3H,1H3,(H,11,12). The lowest BCUT2D eigenvalue weighted by Crippen LogP contribution is -2.21. The van der Waals surface area contributed by atoms with Gasteiger partial charge < -0.3 is 9.84 Å². The maximum Gasteiger partial charge on any atom is 0.416 e. The molecule has 0 atom stereocenters. The highest BCUT2D eigenvalue weighted by atomic mass is 35.5. The number of ether oxygens (including phenoxy) is 1. The molecular formula is C22H19Cl2F3N2O7S. The molecule has 9 nitrogen and oxygen atoms in total. The molecule has 15 heteroatoms. The first-order valence-electron chi connectivity index (χ1n) is 9.88. The molecule has 0 radical (unpaired) electrons. The number of carbonyl (C=O) groups is 2. The molecule has 0 spiro atoms. The number of alkyl halides is 3. The van der Waals surface area contributed by atoms with Crippen LogP contribution in [0, 0.1) is 6.92 Å². The summed E-state index contributed by atoms with van der Waals surface area (Å²) in [6, 6.07) is 4.67. The fraction of sp³-hybridized carbons (Fsp3) is 0.227. The van der Waals surface area contributed by atoms with E-state index < -0.39 is 49.3 Å². The van der Waals surface area contributed by atoms with E-state index in [1.165, 1.54) is 33.2 Å². The fourth-order valence-corrected chi connectivity index (χ4v) is 4.58. The predicted octanol–water partition coefficient (Wildman–Crippen LogP) is 4.38. The molecule has 0 aliphatic carbocycles. The Morgan fingerprint density at radius 1 is 1.08 bits per heavy atom. The van der Waals surface area contributed by atoms with E-state index in [4.69, 9.17) is 33.0 Å². The maximum absolute atomic E-state index is 12.8. The summed E-state index contributed by atoms with van der Waals surface area (Å²) in [6.45, 7) is 1.43. The zero-order valence-electron chi connectivity index (χ0n) is 19.5. The Hall–Kier alpha value is -3.29. The van der Waals surface area contributed by atoms with Crippen molar-refractivity contribution in [3.63, 3.8) is 0 Å². The van der Waals surface area contributed by atoms with Gasteiger partial charge in [-0.15, -0.1) is 0 Å². The summed E-state index contributed by atoms with van der Waals surface area (Å²) >= 11 is 11.4. The van der Waals surface area contributed by atoms with Gasteiger partial charge in [0.15, 0.2) is 15.6 Å². The lowest BCUT2D eigenvalue weighted by atomic mass is 10.0. The van der Waals surface area contributed by atoms with E-state index in [1.54, 1.807) is 0 Å². The lowest BCUT2D eigenvalue weighted by molar-refractivity contribution is -0.137. The number of hydrogen-bond acceptors (Lipinski definition) is 6. The molecule has 1 heterocycles. The molecule has 2 aromatic carbocycles. The van der Waals surface area contributed by atoms with Gasteiger partial charge in [-0.05, 0) is 37.3 Å². The second kappa shape index (κ2) is 11.0. The molecule has 0 aliphatic rings. The van der Waals surface area contributed by atoms with Crippen molar-refractivity contribution in [2.45, 2.75) is 18.0 Å². The van der Waals surface area contributed by atoms with Crippen LogP contribution in [0.2, 0.25) is 10.0 Å². The number of sulfone groups is 1. The molecule has 1 aromatic heterocycles. The number of ketones is 1. The van der Waals surface area contributed by atoms with Gasteiger partial charge in [0.05, 0.1) is 27.6 Å². The van der Waals surface area contributed by atoms with Crippen molar-refractivity contribution in [3.05, 3.63) is 78.7 Å². The molecule has 3 aromatic rings. The molecule has 3 rings (SSSR count). The summed E-state index contributed by atoms with van der Waals surface area (Å²) in [5.41, 5.74) is -2.62. The van der Waals surface area contributed by atoms with Crippen LogP contribution in [0.4, 0.5) is 13.2 Å². The Kier molecular flexibility index (Phi) is 8.89. The third-order valence-electron chi connectivity index (χ3n) is 4.89. The number of carboxylic acid groups (broad SMARTS) is 1. The molecule has 0 aliphatic heterocycles. The smallest absolute Gasteiger partial charge is 0.416 e. The summed E-state index contributed by atoms with van der Waals surface area (Å²) in [4.78, 5) is 34.5. The van der Waals surface area contributed by atoms with E-state index >= 15 is 0 Å². The largest absolute Gasteiger partial charge is 0.494 e. The second-order valence-electron chi connectivity index (χ2n) is 7.53. The summed E-state index contributed by atoms with van der Waals surface area (Å²) in [5, 5.41) is 11.7. The summed E-state index contributed by atoms with van der Waals surface area (Å²) < 4.78 is 67.9. The van der Waals surface area contributed by atoms with Crippen LogP contribution in [0.3, 0.4) is 0 Å². The minimum absolute atomic E-state index is 0.0849. The Labute approximate surface area is 218 Å². The third-order valence-corrected chi connectivity index (χ3v) is 6.64. The third kappa shape index (κ3) is 6.53. The molecule has 0 unspecified atom stereocenters. The van der Waals surface area contributed by atoms with Gasteiger partial charge in [0.2, 0.25) is 5.78 Å². The van der Waals surface area contributed by atoms with E-state index in [1.807, 2.05) is 0 Å². The predicted molar refractivity (Wildman–Crippen MR) is 129 cm³/mol. The van der Waals surface area contributed by atoms with Crippen LogP contribution in [0.5, 0.6) is 5.75 Å². The van der Waals surface area contributed by atoms with Gasteiger partial charge in [-0.2, -0.15) is 13.2 Å². The van der Waals surface area contributed by atoms with Crippen LogP contribution >= 0.6 is 23.2 Å². The normalized spacial score (nSPS) is 11.5. The van der Waals surface area contributed by atoms with E-state index in [0.29, 0.717) is 18.4 Å². The number of nitrogens with zero attached hydrogens (tertiary/aromatic N) is 1. The van der Waals surface area contributed by atoms with Gasteiger partial charge >= 0.3 is 12.1 Å². The summed E-state index contributed by atoms with van der Waals surface area (Å²) in [5.74, 6) is -2.03. The van der Waals surface area contributed by atoms with Crippen LogP contribution in [0.25, 0.3) is 0 Å². The topological polar surface area (TPSA) is 136 Å². The number of carboxylic acids is 1. The molecule has 0 saturated heterocycles. The molecule has 0 fully saturated rings. The maximum atomic E-state index is 12.8. The molecular weight excluding hydrogens is 564 g/mol. The number of methoxy groups -OCH3 is 1. The Bertz CT molecular complexity index is 1540. The fourth-order valence-electron chi connectivity index (χ4n) is 3.21. The van der Waals surface area contributed by atoms with Crippen LogP contribution in [0.1, 0.15) is 37.5 Å². The van der Waals surface area contributed by atoms with E-state index in [-0.39, 0.29) is 32.6 Å². The monoisotopic (exact) mass is 582 g/mol. The number of aromatic carboxylic acids is 1. The highest BCUT2D eigenvalue weighted by Gasteiger charge is 2.34. The number of nitrogens with one attached hydrogen (secondary N) is 1. The highest BCUT2D eigenvalue weighted by Crippen LogP contribution is 2.34. The zero-order chi connectivity index (χ0) is 28.5. The van der Waals surface area contributed by atoms with Crippen molar-refractivity contribution >= 4 is 44.8 Å². The highest BCUT2D eigenvalue weighted by molar-refractivity contribution is 7.90. The number of aromatic amines is 1. The summed E-state index contributed by atoms with van der Waals surface area (Å²) in [6.07, 6.45) is -4.07. The van der Waals surface area contributed by atoms with Gasteiger partial charge in [-0.3, -0.25) is 19.4 Å². The minimum Gasteiger partial charge on any atom is -0.494 e. The van der Waals surface area contributed by atoms with Crippen molar-refractivity contribution in [2.24, 2.45) is 7.05 Å². The molecule has 200 valence electrons. The van der Waals surface area contributed by atoms with Crippen LogP contribution < -0.4 is 10.3 Å². The van der Waals surface area contributed by atoms with Gasteiger partial charge in [-0.1, -0.05) is 23.2 Å². The Morgan fingerprint density at radius 3 is 2.05 bits per heavy atom. The van der Waals surface area contributed by atoms with E-state index in [9.17, 15) is 36.0 Å². The Balaban J connectivity index is 0.000000312. The number of carbonyl (C=O) groups excluding carboxylic acids is 1. The average Bonchev–Trinajstić information content (AvgIpc) is 3.04. The van der Waals surface area contributed by atoms with Crippen molar-refractivity contribution in [1.82, 2.24) is 9.78 Å². The van der Waals surface area contributed by atoms with Crippen LogP contribution in [-0.2, 0) is 23.1 Å². The first kappa shape index (κ1) is 29.9. The number of rotatable bonds is 5. The molecule has 37 heavy (non-hydrogen) atoms. The van der Waals surface area contributed by atoms with Crippen LogP contribution in [-0.4, -0.2) is 48.4 Å². The number of halogens is 5. The molecule has 0 saturated carbocycles. The minimum atomic E-state index is -4.76. The quantitative estimate of drug-likeness (QED) is 0.426. The first-order chi connectivity index (χ1) is 16.9. The molecule has 0 bridgehead atoms. The van der Waals surface area contributed by atoms with Gasteiger partial charge in [-0.25, -0.2) is 13.2 Å². The zero-order valence-corrected chi connectivity index (χ0v) is 21.9. The van der Waals surface area contributed by atoms with Crippen molar-refractivity contribution in [2.75, 3.05) is 13.4 Å². The van der Waals surface area contributed by atoms with Gasteiger partial charge in [0.1, 0.15) is 11.1 Å². The van der Waals surface area contributed by atoms with Crippen molar-refractivity contribution in [1.29, 1.82) is 0 Å².